The van der Waals surface area contributed by atoms with Crippen molar-refractivity contribution < 1.29 is 8.81 Å². The molecule has 2 rings (SSSR count). The quantitative estimate of drug-likeness (QED) is 0.798. The maximum Gasteiger partial charge on any atom is 0.137 e. The number of benzene rings is 1. The second-order valence-electron chi connectivity index (χ2n) is 5.17. The molecule has 86 valence electrons. The Morgan fingerprint density at radius 3 is 2.56 bits per heavy atom. The van der Waals surface area contributed by atoms with Crippen molar-refractivity contribution in [2.24, 2.45) is 11.1 Å². The van der Waals surface area contributed by atoms with Crippen LogP contribution >= 0.6 is 0 Å². The Morgan fingerprint density at radius 1 is 1.25 bits per heavy atom. The first-order chi connectivity index (χ1) is 7.38. The summed E-state index contributed by atoms with van der Waals surface area (Å²) in [4.78, 5) is 0. The summed E-state index contributed by atoms with van der Waals surface area (Å²) in [5.74, 6) is 0.408. The fourth-order valence-corrected chi connectivity index (χ4v) is 1.61. The lowest BCUT2D eigenvalue weighted by atomic mass is 9.86. The van der Waals surface area contributed by atoms with Crippen LogP contribution in [-0.2, 0) is 0 Å². The minimum Gasteiger partial charge on any atom is -0.459 e. The number of hydrogen-bond acceptors (Lipinski definition) is 2. The van der Waals surface area contributed by atoms with Gasteiger partial charge in [-0.2, -0.15) is 0 Å². The van der Waals surface area contributed by atoms with E-state index in [1.807, 2.05) is 26.8 Å². The van der Waals surface area contributed by atoms with E-state index in [1.165, 1.54) is 12.1 Å². The van der Waals surface area contributed by atoms with Crippen LogP contribution in [0.2, 0.25) is 0 Å². The largest absolute Gasteiger partial charge is 0.459 e. The van der Waals surface area contributed by atoms with Crippen molar-refractivity contribution in [2.45, 2.75) is 26.8 Å². The van der Waals surface area contributed by atoms with E-state index in [0.29, 0.717) is 11.3 Å². The third-order valence-electron chi connectivity index (χ3n) is 2.74. The van der Waals surface area contributed by atoms with Gasteiger partial charge in [0.15, 0.2) is 0 Å². The van der Waals surface area contributed by atoms with E-state index in [9.17, 15) is 4.39 Å². The average Bonchev–Trinajstić information content (AvgIpc) is 2.57. The summed E-state index contributed by atoms with van der Waals surface area (Å²) in [6.45, 7) is 6.14. The summed E-state index contributed by atoms with van der Waals surface area (Å²) in [7, 11) is 0. The van der Waals surface area contributed by atoms with Crippen LogP contribution in [0.4, 0.5) is 4.39 Å². The molecule has 1 aromatic heterocycles. The normalized spacial score (nSPS) is 14.3. The van der Waals surface area contributed by atoms with Gasteiger partial charge in [-0.15, -0.1) is 0 Å². The fraction of sp³-hybridized carbons (Fsp3) is 0.385. The van der Waals surface area contributed by atoms with Gasteiger partial charge in [-0.25, -0.2) is 4.39 Å². The van der Waals surface area contributed by atoms with Crippen molar-refractivity contribution in [1.29, 1.82) is 0 Å². The fourth-order valence-electron chi connectivity index (χ4n) is 1.61. The summed E-state index contributed by atoms with van der Waals surface area (Å²) in [6.07, 6.45) is 0. The molecule has 1 atom stereocenters. The topological polar surface area (TPSA) is 39.2 Å². The number of halogens is 1. The van der Waals surface area contributed by atoms with Crippen molar-refractivity contribution in [3.8, 4) is 0 Å². The molecular weight excluding hydrogens is 205 g/mol. The van der Waals surface area contributed by atoms with Gasteiger partial charge in [0.05, 0.1) is 6.04 Å². The van der Waals surface area contributed by atoms with Crippen LogP contribution in [0.3, 0.4) is 0 Å². The molecule has 0 saturated carbocycles. The van der Waals surface area contributed by atoms with Gasteiger partial charge < -0.3 is 10.2 Å². The lowest BCUT2D eigenvalue weighted by Gasteiger charge is -2.24. The Morgan fingerprint density at radius 2 is 1.94 bits per heavy atom. The van der Waals surface area contributed by atoms with Crippen molar-refractivity contribution in [1.82, 2.24) is 0 Å². The van der Waals surface area contributed by atoms with E-state index in [4.69, 9.17) is 10.2 Å². The van der Waals surface area contributed by atoms with E-state index in [1.54, 1.807) is 6.07 Å². The molecule has 1 aromatic carbocycles. The van der Waals surface area contributed by atoms with Crippen LogP contribution in [0.1, 0.15) is 32.6 Å². The van der Waals surface area contributed by atoms with Crippen LogP contribution in [0.5, 0.6) is 0 Å². The van der Waals surface area contributed by atoms with Crippen LogP contribution in [0.15, 0.2) is 28.7 Å². The summed E-state index contributed by atoms with van der Waals surface area (Å²) < 4.78 is 18.6. The van der Waals surface area contributed by atoms with Gasteiger partial charge >= 0.3 is 0 Å². The minimum atomic E-state index is -0.294. The number of rotatable bonds is 1. The molecule has 1 heterocycles. The van der Waals surface area contributed by atoms with Crippen molar-refractivity contribution in [3.63, 3.8) is 0 Å². The summed E-state index contributed by atoms with van der Waals surface area (Å²) >= 11 is 0. The van der Waals surface area contributed by atoms with Gasteiger partial charge in [-0.3, -0.25) is 0 Å². The van der Waals surface area contributed by atoms with Gasteiger partial charge in [-0.1, -0.05) is 20.8 Å². The SMILES string of the molecule is CC(C)(C)[C@@H](N)c1cc2ccc(F)cc2o1. The van der Waals surface area contributed by atoms with Gasteiger partial charge in [0.25, 0.3) is 0 Å². The van der Waals surface area contributed by atoms with E-state index < -0.39 is 0 Å². The zero-order valence-corrected chi connectivity index (χ0v) is 9.75. The minimum absolute atomic E-state index is 0.0770. The molecule has 16 heavy (non-hydrogen) atoms. The third kappa shape index (κ3) is 1.95. The van der Waals surface area contributed by atoms with Crippen molar-refractivity contribution >= 4 is 11.0 Å². The second-order valence-corrected chi connectivity index (χ2v) is 5.17. The highest BCUT2D eigenvalue weighted by Crippen LogP contribution is 2.33. The highest BCUT2D eigenvalue weighted by atomic mass is 19.1. The molecule has 0 fully saturated rings. The molecule has 0 unspecified atom stereocenters. The smallest absolute Gasteiger partial charge is 0.137 e. The molecule has 0 aliphatic heterocycles. The average molecular weight is 221 g/mol. The van der Waals surface area contributed by atoms with Gasteiger partial charge in [0, 0.05) is 11.5 Å². The molecular formula is C13H16FNO. The Hall–Kier alpha value is -1.35. The monoisotopic (exact) mass is 221 g/mol. The first-order valence-electron chi connectivity index (χ1n) is 5.32. The Labute approximate surface area is 94.2 Å². The Balaban J connectivity index is 2.47. The summed E-state index contributed by atoms with van der Waals surface area (Å²) in [5.41, 5.74) is 6.56. The molecule has 2 aromatic rings. The number of furan rings is 1. The van der Waals surface area contributed by atoms with Crippen molar-refractivity contribution in [2.75, 3.05) is 0 Å². The van der Waals surface area contributed by atoms with Crippen LogP contribution in [0, 0.1) is 11.2 Å². The Kier molecular flexibility index (Phi) is 2.50. The Bertz CT molecular complexity index is 510. The molecule has 0 saturated heterocycles. The second kappa shape index (κ2) is 3.59. The number of nitrogens with two attached hydrogens (primary N) is 1. The molecule has 0 amide bonds. The highest BCUT2D eigenvalue weighted by Gasteiger charge is 2.25. The van der Waals surface area contributed by atoms with Gasteiger partial charge in [0.2, 0.25) is 0 Å². The maximum atomic E-state index is 13.0. The molecule has 2 N–H and O–H groups in total. The zero-order chi connectivity index (χ0) is 11.9. The molecule has 0 spiro atoms. The molecule has 2 nitrogen and oxygen atoms in total. The van der Waals surface area contributed by atoms with Gasteiger partial charge in [-0.05, 0) is 23.6 Å². The standard InChI is InChI=1S/C13H16FNO/c1-13(2,3)12(15)11-6-8-4-5-9(14)7-10(8)16-11/h4-7,12H,15H2,1-3H3/t12-/m0/s1. The predicted octanol–water partition coefficient (Wildman–Crippen LogP) is 3.62. The van der Waals surface area contributed by atoms with Crippen LogP contribution in [-0.4, -0.2) is 0 Å². The van der Waals surface area contributed by atoms with E-state index >= 15 is 0 Å². The van der Waals surface area contributed by atoms with Crippen LogP contribution < -0.4 is 5.73 Å². The van der Waals surface area contributed by atoms with E-state index in [-0.39, 0.29) is 17.3 Å². The van der Waals surface area contributed by atoms with Crippen LogP contribution in [0.25, 0.3) is 11.0 Å². The van der Waals surface area contributed by atoms with E-state index in [0.717, 1.165) is 5.39 Å². The lowest BCUT2D eigenvalue weighted by Crippen LogP contribution is -2.25. The third-order valence-corrected chi connectivity index (χ3v) is 2.74. The summed E-state index contributed by atoms with van der Waals surface area (Å²) in [6, 6.07) is 6.19. The predicted molar refractivity (Wildman–Crippen MR) is 62.6 cm³/mol. The molecule has 0 bridgehead atoms. The number of hydrogen-bond donors (Lipinski definition) is 1. The molecule has 0 aliphatic carbocycles. The lowest BCUT2D eigenvalue weighted by molar-refractivity contribution is 0.290. The molecule has 0 radical (unpaired) electrons. The highest BCUT2D eigenvalue weighted by molar-refractivity contribution is 5.78. The molecule has 3 heteroatoms. The summed E-state index contributed by atoms with van der Waals surface area (Å²) in [5, 5.41) is 0.885. The first kappa shape index (κ1) is 11.1. The van der Waals surface area contributed by atoms with E-state index in [2.05, 4.69) is 0 Å². The molecule has 0 aliphatic rings. The first-order valence-corrected chi connectivity index (χ1v) is 5.32. The van der Waals surface area contributed by atoms with Gasteiger partial charge in [0.1, 0.15) is 17.2 Å². The van der Waals surface area contributed by atoms with Crippen molar-refractivity contribution in [3.05, 3.63) is 35.8 Å². The maximum absolute atomic E-state index is 13.0. The zero-order valence-electron chi connectivity index (χ0n) is 9.75. The number of fused-ring (bicyclic) bond motifs is 1.